The molecule has 6 heteroatoms. The zero-order chi connectivity index (χ0) is 16.0. The molecule has 0 amide bonds. The molecule has 4 aliphatic rings. The number of fused-ring (bicyclic) bond motifs is 2. The van der Waals surface area contributed by atoms with Gasteiger partial charge in [0.05, 0.1) is 26.4 Å². The van der Waals surface area contributed by atoms with Crippen molar-refractivity contribution < 1.29 is 24.2 Å². The predicted molar refractivity (Wildman–Crippen MR) is 82.3 cm³/mol. The second kappa shape index (κ2) is 5.69. The predicted octanol–water partition coefficient (Wildman–Crippen LogP) is 2.54. The van der Waals surface area contributed by atoms with Crippen LogP contribution in [0.25, 0.3) is 0 Å². The van der Waals surface area contributed by atoms with E-state index in [0.717, 1.165) is 38.5 Å². The second-order valence-electron chi connectivity index (χ2n) is 7.50. The van der Waals surface area contributed by atoms with Crippen molar-refractivity contribution in [3.8, 4) is 0 Å². The summed E-state index contributed by atoms with van der Waals surface area (Å²) in [4.78, 5) is 0. The fourth-order valence-corrected chi connectivity index (χ4v) is 5.67. The van der Waals surface area contributed by atoms with E-state index in [1.807, 2.05) is 0 Å². The van der Waals surface area contributed by atoms with Gasteiger partial charge in [-0.15, -0.1) is 5.16 Å². The normalized spacial score (nSPS) is 41.3. The molecule has 2 spiro atoms. The molecule has 2 saturated carbocycles. The van der Waals surface area contributed by atoms with E-state index in [1.54, 1.807) is 6.21 Å². The van der Waals surface area contributed by atoms with Crippen molar-refractivity contribution in [3.63, 3.8) is 0 Å². The monoisotopic (exact) mass is 325 g/mol. The van der Waals surface area contributed by atoms with E-state index in [4.69, 9.17) is 24.2 Å². The van der Waals surface area contributed by atoms with Crippen molar-refractivity contribution >= 4 is 6.21 Å². The molecule has 4 rings (SSSR count). The highest BCUT2D eigenvalue weighted by atomic mass is 16.7. The number of nitrogens with zero attached hydrogens (tertiary/aromatic N) is 1. The summed E-state index contributed by atoms with van der Waals surface area (Å²) in [6, 6.07) is 0. The Labute approximate surface area is 137 Å². The van der Waals surface area contributed by atoms with E-state index in [0.29, 0.717) is 32.3 Å². The van der Waals surface area contributed by atoms with Crippen LogP contribution in [0.3, 0.4) is 0 Å². The molecule has 4 fully saturated rings. The van der Waals surface area contributed by atoms with Gasteiger partial charge in [-0.05, 0) is 31.6 Å². The zero-order valence-electron chi connectivity index (χ0n) is 13.8. The Morgan fingerprint density at radius 1 is 1.04 bits per heavy atom. The number of ether oxygens (including phenoxy) is 4. The van der Waals surface area contributed by atoms with Gasteiger partial charge in [0.25, 0.3) is 0 Å². The van der Waals surface area contributed by atoms with Gasteiger partial charge >= 0.3 is 0 Å². The smallest absolute Gasteiger partial charge is 0.174 e. The quantitative estimate of drug-likeness (QED) is 0.490. The van der Waals surface area contributed by atoms with Gasteiger partial charge in [0.2, 0.25) is 0 Å². The van der Waals surface area contributed by atoms with E-state index in [1.165, 1.54) is 0 Å². The molecular weight excluding hydrogens is 298 g/mol. The molecule has 0 bridgehead atoms. The third kappa shape index (κ3) is 2.18. The lowest BCUT2D eigenvalue weighted by Crippen LogP contribution is -2.57. The Kier molecular flexibility index (Phi) is 3.91. The minimum absolute atomic E-state index is 0.00504. The van der Waals surface area contributed by atoms with Crippen LogP contribution in [-0.2, 0) is 18.9 Å². The highest BCUT2D eigenvalue weighted by molar-refractivity contribution is 5.56. The highest BCUT2D eigenvalue weighted by Crippen LogP contribution is 2.65. The van der Waals surface area contributed by atoms with E-state index in [-0.39, 0.29) is 11.3 Å². The molecule has 0 aromatic rings. The lowest BCUT2D eigenvalue weighted by atomic mass is 9.59. The molecular formula is C17H27NO5. The molecule has 130 valence electrons. The minimum Gasteiger partial charge on any atom is -0.411 e. The molecule has 6 nitrogen and oxygen atoms in total. The van der Waals surface area contributed by atoms with Crippen molar-refractivity contribution in [2.45, 2.75) is 57.0 Å². The first-order chi connectivity index (χ1) is 11.2. The number of hydrogen-bond donors (Lipinski definition) is 1. The Morgan fingerprint density at radius 2 is 1.74 bits per heavy atom. The van der Waals surface area contributed by atoms with Crippen LogP contribution in [0.15, 0.2) is 5.16 Å². The standard InChI is InChI=1S/C17H27NO5/c1-15-6-7-16(20-9-10-21-16)14(3-2-8-18-19)13(15)4-5-17(15)22-11-12-23-17/h8,13-14,19H,2-7,9-12H2,1H3/b18-8+/t13-,14-,15-/m0/s1. The topological polar surface area (TPSA) is 69.5 Å². The van der Waals surface area contributed by atoms with Gasteiger partial charge in [-0.3, -0.25) is 0 Å². The van der Waals surface area contributed by atoms with Gasteiger partial charge in [-0.25, -0.2) is 0 Å². The first kappa shape index (κ1) is 15.8. The molecule has 2 aliphatic heterocycles. The van der Waals surface area contributed by atoms with E-state index < -0.39 is 11.6 Å². The number of hydrogen-bond acceptors (Lipinski definition) is 6. The Hall–Kier alpha value is -0.690. The van der Waals surface area contributed by atoms with E-state index in [2.05, 4.69) is 12.1 Å². The van der Waals surface area contributed by atoms with Gasteiger partial charge in [-0.2, -0.15) is 0 Å². The van der Waals surface area contributed by atoms with Gasteiger partial charge in [0.15, 0.2) is 11.6 Å². The third-order valence-corrected chi connectivity index (χ3v) is 6.73. The Morgan fingerprint density at radius 3 is 2.43 bits per heavy atom. The average Bonchev–Trinajstić information content (AvgIpc) is 3.27. The van der Waals surface area contributed by atoms with Crippen LogP contribution in [0.1, 0.15) is 45.4 Å². The van der Waals surface area contributed by atoms with E-state index >= 15 is 0 Å². The van der Waals surface area contributed by atoms with E-state index in [9.17, 15) is 0 Å². The summed E-state index contributed by atoms with van der Waals surface area (Å²) < 4.78 is 24.5. The van der Waals surface area contributed by atoms with Gasteiger partial charge in [0, 0.05) is 30.4 Å². The summed E-state index contributed by atoms with van der Waals surface area (Å²) in [5.74, 6) is -0.146. The summed E-state index contributed by atoms with van der Waals surface area (Å²) in [7, 11) is 0. The van der Waals surface area contributed by atoms with Crippen molar-refractivity contribution in [1.82, 2.24) is 0 Å². The second-order valence-corrected chi connectivity index (χ2v) is 7.50. The maximum Gasteiger partial charge on any atom is 0.174 e. The average molecular weight is 325 g/mol. The molecule has 0 radical (unpaired) electrons. The first-order valence-corrected chi connectivity index (χ1v) is 8.88. The first-order valence-electron chi connectivity index (χ1n) is 8.88. The van der Waals surface area contributed by atoms with Gasteiger partial charge in [-0.1, -0.05) is 6.92 Å². The third-order valence-electron chi connectivity index (χ3n) is 6.73. The summed E-state index contributed by atoms with van der Waals surface area (Å²) in [5, 5.41) is 11.9. The zero-order valence-corrected chi connectivity index (χ0v) is 13.8. The van der Waals surface area contributed by atoms with Gasteiger partial charge < -0.3 is 24.2 Å². The molecule has 23 heavy (non-hydrogen) atoms. The Balaban J connectivity index is 1.63. The van der Waals surface area contributed by atoms with Crippen molar-refractivity contribution in [2.24, 2.45) is 22.4 Å². The van der Waals surface area contributed by atoms with Crippen LogP contribution in [-0.4, -0.2) is 49.4 Å². The minimum atomic E-state index is -0.461. The summed E-state index contributed by atoms with van der Waals surface area (Å²) in [6.07, 6.45) is 7.12. The lowest BCUT2D eigenvalue weighted by molar-refractivity contribution is -0.287. The summed E-state index contributed by atoms with van der Waals surface area (Å²) in [6.45, 7) is 5.06. The van der Waals surface area contributed by atoms with Crippen LogP contribution < -0.4 is 0 Å². The van der Waals surface area contributed by atoms with Crippen LogP contribution >= 0.6 is 0 Å². The number of rotatable bonds is 3. The lowest BCUT2D eigenvalue weighted by Gasteiger charge is -2.53. The van der Waals surface area contributed by atoms with Crippen molar-refractivity contribution in [3.05, 3.63) is 0 Å². The van der Waals surface area contributed by atoms with Crippen molar-refractivity contribution in [1.29, 1.82) is 0 Å². The molecule has 1 N–H and O–H groups in total. The summed E-state index contributed by atoms with van der Waals surface area (Å²) in [5.41, 5.74) is 0.00504. The highest BCUT2D eigenvalue weighted by Gasteiger charge is 2.68. The van der Waals surface area contributed by atoms with Crippen molar-refractivity contribution in [2.75, 3.05) is 26.4 Å². The molecule has 0 aromatic heterocycles. The molecule has 2 saturated heterocycles. The molecule has 0 aromatic carbocycles. The number of oxime groups is 1. The molecule has 2 aliphatic carbocycles. The van der Waals surface area contributed by atoms with Crippen LogP contribution in [0.2, 0.25) is 0 Å². The van der Waals surface area contributed by atoms with Gasteiger partial charge in [0.1, 0.15) is 0 Å². The fraction of sp³-hybridized carbons (Fsp3) is 0.941. The van der Waals surface area contributed by atoms with Crippen LogP contribution in [0, 0.1) is 17.3 Å². The summed E-state index contributed by atoms with van der Waals surface area (Å²) >= 11 is 0. The Bertz CT molecular complexity index is 470. The maximum absolute atomic E-state index is 8.73. The maximum atomic E-state index is 8.73. The van der Waals surface area contributed by atoms with Crippen LogP contribution in [0.5, 0.6) is 0 Å². The largest absolute Gasteiger partial charge is 0.411 e. The fourth-order valence-electron chi connectivity index (χ4n) is 5.67. The van der Waals surface area contributed by atoms with Crippen LogP contribution in [0.4, 0.5) is 0 Å². The SMILES string of the molecule is C[C@]12CCC3(OCCO3)[C@@H](CC/C=N/O)[C@@H]1CCC21OCCO1. The molecule has 3 atom stereocenters. The molecule has 2 heterocycles. The molecule has 0 unspecified atom stereocenters.